The van der Waals surface area contributed by atoms with E-state index in [-0.39, 0.29) is 0 Å². The SMILES string of the molecule is CCc1cccc(C)c1Nc1nncc(NC(C)C)n1. The zero-order valence-corrected chi connectivity index (χ0v) is 12.4. The van der Waals surface area contributed by atoms with Crippen molar-refractivity contribution in [3.63, 3.8) is 0 Å². The maximum Gasteiger partial charge on any atom is 0.249 e. The molecular weight excluding hydrogens is 250 g/mol. The lowest BCUT2D eigenvalue weighted by molar-refractivity contribution is 0.873. The normalized spacial score (nSPS) is 10.7. The number of rotatable bonds is 5. The number of nitrogens with one attached hydrogen (secondary N) is 2. The molecule has 0 aliphatic carbocycles. The molecule has 1 heterocycles. The average Bonchev–Trinajstić information content (AvgIpc) is 2.41. The Hall–Kier alpha value is -2.17. The van der Waals surface area contributed by atoms with Gasteiger partial charge in [0, 0.05) is 11.7 Å². The number of benzene rings is 1. The lowest BCUT2D eigenvalue weighted by atomic mass is 10.1. The number of para-hydroxylation sites is 1. The van der Waals surface area contributed by atoms with Crippen molar-refractivity contribution < 1.29 is 0 Å². The summed E-state index contributed by atoms with van der Waals surface area (Å²) in [5.41, 5.74) is 3.49. The highest BCUT2D eigenvalue weighted by molar-refractivity contribution is 5.63. The Labute approximate surface area is 119 Å². The van der Waals surface area contributed by atoms with E-state index in [1.54, 1.807) is 6.20 Å². The molecule has 0 saturated heterocycles. The third-order valence-electron chi connectivity index (χ3n) is 2.97. The Kier molecular flexibility index (Phi) is 4.50. The van der Waals surface area contributed by atoms with Gasteiger partial charge < -0.3 is 10.6 Å². The van der Waals surface area contributed by atoms with Gasteiger partial charge in [0.2, 0.25) is 5.95 Å². The number of anilines is 3. The van der Waals surface area contributed by atoms with Gasteiger partial charge in [-0.1, -0.05) is 25.1 Å². The number of hydrogen-bond acceptors (Lipinski definition) is 5. The van der Waals surface area contributed by atoms with Gasteiger partial charge in [0.15, 0.2) is 5.82 Å². The zero-order valence-electron chi connectivity index (χ0n) is 12.4. The fourth-order valence-electron chi connectivity index (χ4n) is 2.04. The maximum atomic E-state index is 4.43. The Morgan fingerprint density at radius 1 is 1.25 bits per heavy atom. The number of aryl methyl sites for hydroxylation is 2. The maximum absolute atomic E-state index is 4.43. The first kappa shape index (κ1) is 14.2. The number of nitrogens with zero attached hydrogens (tertiary/aromatic N) is 3. The molecule has 0 saturated carbocycles. The standard InChI is InChI=1S/C15H21N5/c1-5-12-8-6-7-11(4)14(12)19-15-18-13(9-16-20-15)17-10(2)3/h6-10H,5H2,1-4H3,(H2,17,18,19,20). The van der Waals surface area contributed by atoms with Crippen molar-refractivity contribution >= 4 is 17.5 Å². The van der Waals surface area contributed by atoms with Crippen LogP contribution in [0, 0.1) is 6.92 Å². The third-order valence-corrected chi connectivity index (χ3v) is 2.97. The van der Waals surface area contributed by atoms with Crippen LogP contribution in [0.5, 0.6) is 0 Å². The second-order valence-electron chi connectivity index (χ2n) is 5.05. The van der Waals surface area contributed by atoms with Crippen molar-refractivity contribution in [2.24, 2.45) is 0 Å². The highest BCUT2D eigenvalue weighted by Crippen LogP contribution is 2.23. The summed E-state index contributed by atoms with van der Waals surface area (Å²) in [6.07, 6.45) is 2.59. The average molecular weight is 271 g/mol. The molecule has 2 rings (SSSR count). The van der Waals surface area contributed by atoms with Crippen molar-refractivity contribution in [3.8, 4) is 0 Å². The quantitative estimate of drug-likeness (QED) is 0.873. The first-order chi connectivity index (χ1) is 9.60. The van der Waals surface area contributed by atoms with E-state index >= 15 is 0 Å². The predicted molar refractivity (Wildman–Crippen MR) is 82.4 cm³/mol. The first-order valence-corrected chi connectivity index (χ1v) is 6.92. The second kappa shape index (κ2) is 6.32. The van der Waals surface area contributed by atoms with Crippen molar-refractivity contribution in [2.45, 2.75) is 40.2 Å². The van der Waals surface area contributed by atoms with Crippen LogP contribution in [0.25, 0.3) is 0 Å². The second-order valence-corrected chi connectivity index (χ2v) is 5.05. The van der Waals surface area contributed by atoms with Gasteiger partial charge in [-0.3, -0.25) is 0 Å². The van der Waals surface area contributed by atoms with Gasteiger partial charge in [0.25, 0.3) is 0 Å². The molecule has 106 valence electrons. The molecule has 0 amide bonds. The largest absolute Gasteiger partial charge is 0.366 e. The summed E-state index contributed by atoms with van der Waals surface area (Å²) >= 11 is 0. The minimum absolute atomic E-state index is 0.309. The molecule has 2 aromatic rings. The van der Waals surface area contributed by atoms with Crippen molar-refractivity contribution in [1.29, 1.82) is 0 Å². The predicted octanol–water partition coefficient (Wildman–Crippen LogP) is 3.31. The van der Waals surface area contributed by atoms with Crippen LogP contribution in [0.4, 0.5) is 17.5 Å². The Morgan fingerprint density at radius 2 is 2.05 bits per heavy atom. The summed E-state index contributed by atoms with van der Waals surface area (Å²) in [5.74, 6) is 1.24. The van der Waals surface area contributed by atoms with E-state index in [9.17, 15) is 0 Å². The fraction of sp³-hybridized carbons (Fsp3) is 0.400. The van der Waals surface area contributed by atoms with Gasteiger partial charge in [0.1, 0.15) is 0 Å². The molecule has 0 fully saturated rings. The van der Waals surface area contributed by atoms with E-state index in [1.165, 1.54) is 11.1 Å². The van der Waals surface area contributed by atoms with Gasteiger partial charge in [-0.05, 0) is 38.3 Å². The molecule has 5 nitrogen and oxygen atoms in total. The molecule has 0 aliphatic rings. The van der Waals surface area contributed by atoms with Crippen LogP contribution in [0.2, 0.25) is 0 Å². The smallest absolute Gasteiger partial charge is 0.249 e. The Morgan fingerprint density at radius 3 is 2.75 bits per heavy atom. The summed E-state index contributed by atoms with van der Waals surface area (Å²) in [6, 6.07) is 6.56. The molecule has 5 heteroatoms. The molecule has 0 spiro atoms. The van der Waals surface area contributed by atoms with E-state index in [1.807, 2.05) is 0 Å². The van der Waals surface area contributed by atoms with Crippen LogP contribution < -0.4 is 10.6 Å². The fourth-order valence-corrected chi connectivity index (χ4v) is 2.04. The molecule has 20 heavy (non-hydrogen) atoms. The van der Waals surface area contributed by atoms with E-state index in [2.05, 4.69) is 71.7 Å². The van der Waals surface area contributed by atoms with Crippen LogP contribution in [-0.4, -0.2) is 21.2 Å². The van der Waals surface area contributed by atoms with E-state index in [4.69, 9.17) is 0 Å². The van der Waals surface area contributed by atoms with Crippen LogP contribution in [0.15, 0.2) is 24.4 Å². The van der Waals surface area contributed by atoms with Gasteiger partial charge >= 0.3 is 0 Å². The van der Waals surface area contributed by atoms with Crippen LogP contribution in [0.1, 0.15) is 31.9 Å². The van der Waals surface area contributed by atoms with Crippen molar-refractivity contribution in [3.05, 3.63) is 35.5 Å². The van der Waals surface area contributed by atoms with Crippen LogP contribution >= 0.6 is 0 Å². The molecule has 0 bridgehead atoms. The molecule has 1 aromatic carbocycles. The lowest BCUT2D eigenvalue weighted by Crippen LogP contribution is -2.13. The summed E-state index contributed by atoms with van der Waals surface area (Å²) in [5, 5.41) is 14.5. The highest BCUT2D eigenvalue weighted by Gasteiger charge is 2.07. The van der Waals surface area contributed by atoms with Crippen molar-refractivity contribution in [1.82, 2.24) is 15.2 Å². The van der Waals surface area contributed by atoms with E-state index < -0.39 is 0 Å². The molecule has 0 aliphatic heterocycles. The summed E-state index contributed by atoms with van der Waals surface area (Å²) < 4.78 is 0. The molecular formula is C15H21N5. The topological polar surface area (TPSA) is 62.7 Å². The molecule has 0 unspecified atom stereocenters. The van der Waals surface area contributed by atoms with Gasteiger partial charge in [-0.25, -0.2) is 0 Å². The van der Waals surface area contributed by atoms with Crippen LogP contribution in [-0.2, 0) is 6.42 Å². The third kappa shape index (κ3) is 3.44. The number of hydrogen-bond donors (Lipinski definition) is 2. The number of aromatic nitrogens is 3. The molecule has 2 N–H and O–H groups in total. The zero-order chi connectivity index (χ0) is 14.5. The van der Waals surface area contributed by atoms with Gasteiger partial charge in [0.05, 0.1) is 6.20 Å². The van der Waals surface area contributed by atoms with Crippen molar-refractivity contribution in [2.75, 3.05) is 10.6 Å². The monoisotopic (exact) mass is 271 g/mol. The Balaban J connectivity index is 2.26. The van der Waals surface area contributed by atoms with E-state index in [0.717, 1.165) is 17.9 Å². The van der Waals surface area contributed by atoms with Crippen LogP contribution in [0.3, 0.4) is 0 Å². The first-order valence-electron chi connectivity index (χ1n) is 6.92. The summed E-state index contributed by atoms with van der Waals surface area (Å²) in [7, 11) is 0. The highest BCUT2D eigenvalue weighted by atomic mass is 15.3. The minimum atomic E-state index is 0.309. The molecule has 0 radical (unpaired) electrons. The Bertz CT molecular complexity index is 580. The van der Waals surface area contributed by atoms with E-state index in [0.29, 0.717) is 12.0 Å². The molecule has 1 aromatic heterocycles. The summed E-state index contributed by atoms with van der Waals surface area (Å²) in [6.45, 7) is 8.33. The lowest BCUT2D eigenvalue weighted by Gasteiger charge is -2.13. The van der Waals surface area contributed by atoms with Gasteiger partial charge in [-0.15, -0.1) is 5.10 Å². The minimum Gasteiger partial charge on any atom is -0.366 e. The molecule has 0 atom stereocenters. The summed E-state index contributed by atoms with van der Waals surface area (Å²) in [4.78, 5) is 4.43. The van der Waals surface area contributed by atoms with Gasteiger partial charge in [-0.2, -0.15) is 10.1 Å².